The van der Waals surface area contributed by atoms with Crippen LogP contribution in [0.3, 0.4) is 0 Å². The molecule has 2 N–H and O–H groups in total. The first kappa shape index (κ1) is 25.7. The van der Waals surface area contributed by atoms with Gasteiger partial charge in [-0.05, 0) is 40.3 Å². The van der Waals surface area contributed by atoms with Crippen LogP contribution < -0.4 is 10.6 Å². The Bertz CT molecular complexity index is 1140. The number of pyridine rings is 1. The SMILES string of the molecule is CNC(=O)[C@@H](NC(=O)C(CC(=O)OCc1ccccc1)n1ccc(-c2ccncc2)c1)C(C)(C)C. The van der Waals surface area contributed by atoms with E-state index in [1.807, 2.05) is 69.3 Å². The van der Waals surface area contributed by atoms with Gasteiger partial charge in [0, 0.05) is 31.8 Å². The van der Waals surface area contributed by atoms with E-state index in [4.69, 9.17) is 4.74 Å². The summed E-state index contributed by atoms with van der Waals surface area (Å²) in [5, 5.41) is 5.45. The lowest BCUT2D eigenvalue weighted by molar-refractivity contribution is -0.148. The van der Waals surface area contributed by atoms with Gasteiger partial charge in [0.25, 0.3) is 0 Å². The normalized spacial score (nSPS) is 12.9. The minimum atomic E-state index is -0.900. The van der Waals surface area contributed by atoms with Gasteiger partial charge in [-0.2, -0.15) is 0 Å². The Kier molecular flexibility index (Phi) is 8.41. The Labute approximate surface area is 205 Å². The highest BCUT2D eigenvalue weighted by atomic mass is 16.5. The summed E-state index contributed by atoms with van der Waals surface area (Å²) >= 11 is 0. The molecule has 2 heterocycles. The summed E-state index contributed by atoms with van der Waals surface area (Å²) in [6, 6.07) is 13.3. The summed E-state index contributed by atoms with van der Waals surface area (Å²) in [5.41, 5.74) is 2.13. The van der Waals surface area contributed by atoms with E-state index in [0.29, 0.717) is 0 Å². The largest absolute Gasteiger partial charge is 0.461 e. The third-order valence-corrected chi connectivity index (χ3v) is 5.65. The lowest BCUT2D eigenvalue weighted by Gasteiger charge is -2.31. The van der Waals surface area contributed by atoms with Crippen LogP contribution in [0.4, 0.5) is 0 Å². The topological polar surface area (TPSA) is 102 Å². The Hall–Kier alpha value is -3.94. The van der Waals surface area contributed by atoms with Crippen LogP contribution in [-0.4, -0.2) is 40.4 Å². The van der Waals surface area contributed by atoms with Crippen molar-refractivity contribution in [3.05, 3.63) is 78.9 Å². The molecule has 0 aliphatic carbocycles. The van der Waals surface area contributed by atoms with Gasteiger partial charge in [-0.3, -0.25) is 19.4 Å². The molecule has 1 aromatic carbocycles. The molecule has 8 heteroatoms. The van der Waals surface area contributed by atoms with E-state index in [1.54, 1.807) is 29.4 Å². The lowest BCUT2D eigenvalue weighted by atomic mass is 9.86. The first-order valence-electron chi connectivity index (χ1n) is 11.5. The summed E-state index contributed by atoms with van der Waals surface area (Å²) in [7, 11) is 1.53. The van der Waals surface area contributed by atoms with Crippen molar-refractivity contribution >= 4 is 17.8 Å². The van der Waals surface area contributed by atoms with Crippen LogP contribution >= 0.6 is 0 Å². The molecule has 3 aromatic rings. The Morgan fingerprint density at radius 2 is 1.66 bits per heavy atom. The van der Waals surface area contributed by atoms with Crippen molar-refractivity contribution < 1.29 is 19.1 Å². The molecule has 0 bridgehead atoms. The van der Waals surface area contributed by atoms with Crippen molar-refractivity contribution in [2.24, 2.45) is 5.41 Å². The second-order valence-electron chi connectivity index (χ2n) is 9.37. The number of benzene rings is 1. The highest BCUT2D eigenvalue weighted by Gasteiger charge is 2.35. The predicted octanol–water partition coefficient (Wildman–Crippen LogP) is 3.50. The lowest BCUT2D eigenvalue weighted by Crippen LogP contribution is -2.54. The maximum Gasteiger partial charge on any atom is 0.308 e. The first-order valence-corrected chi connectivity index (χ1v) is 11.5. The van der Waals surface area contributed by atoms with E-state index >= 15 is 0 Å². The van der Waals surface area contributed by atoms with Crippen LogP contribution in [0.25, 0.3) is 11.1 Å². The van der Waals surface area contributed by atoms with Gasteiger partial charge in [-0.15, -0.1) is 0 Å². The van der Waals surface area contributed by atoms with Gasteiger partial charge in [0.15, 0.2) is 0 Å². The number of likely N-dealkylation sites (N-methyl/N-ethyl adjacent to an activating group) is 1. The highest BCUT2D eigenvalue weighted by molar-refractivity contribution is 5.91. The number of rotatable bonds is 9. The zero-order valence-electron chi connectivity index (χ0n) is 20.5. The van der Waals surface area contributed by atoms with E-state index in [1.165, 1.54) is 7.05 Å². The Morgan fingerprint density at radius 1 is 0.971 bits per heavy atom. The number of nitrogens with zero attached hydrogens (tertiary/aromatic N) is 2. The van der Waals surface area contributed by atoms with Crippen molar-refractivity contribution in [1.82, 2.24) is 20.2 Å². The van der Waals surface area contributed by atoms with E-state index < -0.39 is 29.4 Å². The van der Waals surface area contributed by atoms with Gasteiger partial charge in [0.2, 0.25) is 11.8 Å². The van der Waals surface area contributed by atoms with E-state index in [2.05, 4.69) is 15.6 Å². The monoisotopic (exact) mass is 476 g/mol. The first-order chi connectivity index (χ1) is 16.7. The Morgan fingerprint density at radius 3 is 2.29 bits per heavy atom. The number of amides is 2. The molecule has 2 atom stereocenters. The third kappa shape index (κ3) is 7.02. The predicted molar refractivity (Wildman–Crippen MR) is 133 cm³/mol. The number of hydrogen-bond acceptors (Lipinski definition) is 5. The molecule has 8 nitrogen and oxygen atoms in total. The van der Waals surface area contributed by atoms with Crippen molar-refractivity contribution in [3.63, 3.8) is 0 Å². The summed E-state index contributed by atoms with van der Waals surface area (Å²) in [6.07, 6.45) is 6.74. The smallest absolute Gasteiger partial charge is 0.308 e. The third-order valence-electron chi connectivity index (χ3n) is 5.65. The van der Waals surface area contributed by atoms with Gasteiger partial charge in [0.1, 0.15) is 18.7 Å². The maximum absolute atomic E-state index is 13.4. The van der Waals surface area contributed by atoms with Crippen LogP contribution in [0, 0.1) is 5.41 Å². The van der Waals surface area contributed by atoms with Gasteiger partial charge in [-0.1, -0.05) is 51.1 Å². The quantitative estimate of drug-likeness (QED) is 0.460. The fourth-order valence-corrected chi connectivity index (χ4v) is 3.67. The van der Waals surface area contributed by atoms with E-state index in [-0.39, 0.29) is 18.9 Å². The molecule has 0 fully saturated rings. The fourth-order valence-electron chi connectivity index (χ4n) is 3.67. The minimum Gasteiger partial charge on any atom is -0.461 e. The maximum atomic E-state index is 13.4. The second kappa shape index (κ2) is 11.5. The number of aromatic nitrogens is 2. The van der Waals surface area contributed by atoms with Gasteiger partial charge in [-0.25, -0.2) is 0 Å². The van der Waals surface area contributed by atoms with Crippen LogP contribution in [-0.2, 0) is 25.7 Å². The summed E-state index contributed by atoms with van der Waals surface area (Å²) in [4.78, 5) is 42.7. The molecular weight excluding hydrogens is 444 g/mol. The number of carbonyl (C=O) groups excluding carboxylic acids is 3. The van der Waals surface area contributed by atoms with Gasteiger partial charge < -0.3 is 19.9 Å². The number of nitrogens with one attached hydrogen (secondary N) is 2. The molecule has 3 rings (SSSR count). The Balaban J connectivity index is 1.83. The number of ether oxygens (including phenoxy) is 1. The van der Waals surface area contributed by atoms with Crippen LogP contribution in [0.5, 0.6) is 0 Å². The fraction of sp³-hybridized carbons (Fsp3) is 0.333. The molecule has 0 spiro atoms. The standard InChI is InChI=1S/C27H32N4O4/c1-27(2,3)24(26(34)28-4)30-25(33)22(16-23(32)35-18-19-8-6-5-7-9-19)31-15-12-21(17-31)20-10-13-29-14-11-20/h5-15,17,22,24H,16,18H2,1-4H3,(H,28,34)(H,30,33)/t22?,24-/m1/s1. The van der Waals surface area contributed by atoms with Crippen molar-refractivity contribution in [2.45, 2.75) is 45.9 Å². The van der Waals surface area contributed by atoms with E-state index in [9.17, 15) is 14.4 Å². The molecule has 2 aromatic heterocycles. The van der Waals surface area contributed by atoms with Crippen LogP contribution in [0.1, 0.15) is 38.8 Å². The summed E-state index contributed by atoms with van der Waals surface area (Å²) in [6.45, 7) is 5.72. The summed E-state index contributed by atoms with van der Waals surface area (Å²) < 4.78 is 7.12. The summed E-state index contributed by atoms with van der Waals surface area (Å²) in [5.74, 6) is -1.26. The molecule has 0 aliphatic rings. The average Bonchev–Trinajstić information content (AvgIpc) is 3.34. The van der Waals surface area contributed by atoms with Gasteiger partial charge >= 0.3 is 5.97 Å². The average molecular weight is 477 g/mol. The zero-order valence-corrected chi connectivity index (χ0v) is 20.5. The van der Waals surface area contributed by atoms with Crippen LogP contribution in [0.15, 0.2) is 73.3 Å². The second-order valence-corrected chi connectivity index (χ2v) is 9.37. The van der Waals surface area contributed by atoms with Crippen molar-refractivity contribution in [3.8, 4) is 11.1 Å². The van der Waals surface area contributed by atoms with Crippen molar-refractivity contribution in [2.75, 3.05) is 7.05 Å². The molecular formula is C27H32N4O4. The number of carbonyl (C=O) groups is 3. The molecule has 2 amide bonds. The molecule has 0 radical (unpaired) electrons. The molecule has 0 saturated carbocycles. The van der Waals surface area contributed by atoms with Crippen molar-refractivity contribution in [1.29, 1.82) is 0 Å². The minimum absolute atomic E-state index is 0.116. The van der Waals surface area contributed by atoms with Gasteiger partial charge in [0.05, 0.1) is 6.42 Å². The molecule has 0 aliphatic heterocycles. The molecule has 0 saturated heterocycles. The molecule has 1 unspecified atom stereocenters. The van der Waals surface area contributed by atoms with E-state index in [0.717, 1.165) is 16.7 Å². The molecule has 184 valence electrons. The zero-order chi connectivity index (χ0) is 25.4. The molecule has 35 heavy (non-hydrogen) atoms. The number of esters is 1. The highest BCUT2D eigenvalue weighted by Crippen LogP contribution is 2.25. The number of hydrogen-bond donors (Lipinski definition) is 2. The van der Waals surface area contributed by atoms with Crippen LogP contribution in [0.2, 0.25) is 0 Å².